The zero-order valence-corrected chi connectivity index (χ0v) is 17.2. The Morgan fingerprint density at radius 2 is 2.04 bits per heavy atom. The van der Waals surface area contributed by atoms with E-state index in [1.165, 1.54) is 32.6 Å². The highest BCUT2D eigenvalue weighted by Gasteiger charge is 2.36. The van der Waals surface area contributed by atoms with Crippen LogP contribution in [-0.4, -0.2) is 39.1 Å². The van der Waals surface area contributed by atoms with Crippen molar-refractivity contribution in [2.75, 3.05) is 32.2 Å². The van der Waals surface area contributed by atoms with Crippen LogP contribution in [0, 0.1) is 5.92 Å². The van der Waals surface area contributed by atoms with E-state index in [0.29, 0.717) is 35.3 Å². The van der Waals surface area contributed by atoms with E-state index in [1.807, 2.05) is 0 Å². The van der Waals surface area contributed by atoms with E-state index in [4.69, 9.17) is 21.1 Å². The third kappa shape index (κ3) is 4.61. The Bertz CT molecular complexity index is 778. The number of rotatable bonds is 7. The summed E-state index contributed by atoms with van der Waals surface area (Å²) in [5.74, 6) is 0.388. The first kappa shape index (κ1) is 20.5. The second-order valence-corrected chi connectivity index (χ2v) is 7.62. The highest BCUT2D eigenvalue weighted by molar-refractivity contribution is 6.32. The van der Waals surface area contributed by atoms with Crippen LogP contribution >= 0.6 is 11.6 Å². The van der Waals surface area contributed by atoms with Crippen LogP contribution in [0.25, 0.3) is 0 Å². The van der Waals surface area contributed by atoms with Crippen molar-refractivity contribution in [3.63, 3.8) is 0 Å². The molecule has 28 heavy (non-hydrogen) atoms. The Labute approximate surface area is 170 Å². The van der Waals surface area contributed by atoms with Crippen LogP contribution in [0.2, 0.25) is 5.02 Å². The fourth-order valence-corrected chi connectivity index (χ4v) is 4.03. The van der Waals surface area contributed by atoms with Crippen molar-refractivity contribution in [3.05, 3.63) is 28.8 Å². The molecule has 0 unspecified atom stereocenters. The summed E-state index contributed by atoms with van der Waals surface area (Å²) in [4.78, 5) is 26.7. The molecule has 0 aromatic heterocycles. The van der Waals surface area contributed by atoms with Gasteiger partial charge in [-0.05, 0) is 38.2 Å². The molecule has 1 saturated heterocycles. The van der Waals surface area contributed by atoms with Crippen molar-refractivity contribution >= 4 is 29.1 Å². The van der Waals surface area contributed by atoms with Crippen LogP contribution in [0.15, 0.2) is 23.8 Å². The van der Waals surface area contributed by atoms with Crippen LogP contribution in [0.1, 0.15) is 38.5 Å². The number of ether oxygens (including phenoxy) is 2. The van der Waals surface area contributed by atoms with Gasteiger partial charge in [-0.2, -0.15) is 0 Å². The first-order chi connectivity index (χ1) is 13.5. The molecule has 2 amide bonds. The van der Waals surface area contributed by atoms with Gasteiger partial charge in [0.05, 0.1) is 30.8 Å². The average molecular weight is 407 g/mol. The molecule has 1 aromatic carbocycles. The minimum absolute atomic E-state index is 0.0779. The zero-order valence-electron chi connectivity index (χ0n) is 16.4. The van der Waals surface area contributed by atoms with Gasteiger partial charge in [-0.1, -0.05) is 23.3 Å². The largest absolute Gasteiger partial charge is 0.495 e. The fraction of sp³-hybridized carbons (Fsp3) is 0.524. The zero-order chi connectivity index (χ0) is 20.1. The van der Waals surface area contributed by atoms with E-state index in [-0.39, 0.29) is 24.2 Å². The maximum Gasteiger partial charge on any atom is 0.227 e. The number of nitrogens with zero attached hydrogens (tertiary/aromatic N) is 1. The normalized spacial score (nSPS) is 19.4. The van der Waals surface area contributed by atoms with Crippen LogP contribution in [-0.2, 0) is 9.59 Å². The maximum atomic E-state index is 12.6. The lowest BCUT2D eigenvalue weighted by molar-refractivity contribution is -0.126. The molecule has 152 valence electrons. The standard InChI is InChI=1S/C21H27ClN2O4/c1-27-18-12-19(28-2)17(11-16(18)22)24-13-15(10-20(24)25)21(26)23-9-8-14-6-4-3-5-7-14/h6,11-12,15H,3-5,7-10,13H2,1-2H3,(H,23,26)/t15-/m1/s1. The number of benzene rings is 1. The number of anilines is 1. The van der Waals surface area contributed by atoms with E-state index in [9.17, 15) is 9.59 Å². The van der Waals surface area contributed by atoms with Crippen molar-refractivity contribution in [3.8, 4) is 11.5 Å². The summed E-state index contributed by atoms with van der Waals surface area (Å²) in [6.07, 6.45) is 8.12. The second-order valence-electron chi connectivity index (χ2n) is 7.21. The Kier molecular flexibility index (Phi) is 6.83. The lowest BCUT2D eigenvalue weighted by atomic mass is 9.97. The molecule has 1 heterocycles. The number of hydrogen-bond acceptors (Lipinski definition) is 4. The first-order valence-electron chi connectivity index (χ1n) is 9.71. The van der Waals surface area contributed by atoms with E-state index in [1.54, 1.807) is 17.0 Å². The Morgan fingerprint density at radius 1 is 1.25 bits per heavy atom. The monoisotopic (exact) mass is 406 g/mol. The minimum Gasteiger partial charge on any atom is -0.495 e. The van der Waals surface area contributed by atoms with Crippen molar-refractivity contribution < 1.29 is 19.1 Å². The molecule has 0 bridgehead atoms. The van der Waals surface area contributed by atoms with Gasteiger partial charge in [0.25, 0.3) is 0 Å². The molecule has 6 nitrogen and oxygen atoms in total. The van der Waals surface area contributed by atoms with Gasteiger partial charge in [0.2, 0.25) is 11.8 Å². The van der Waals surface area contributed by atoms with Gasteiger partial charge in [-0.15, -0.1) is 0 Å². The molecule has 0 spiro atoms. The topological polar surface area (TPSA) is 67.9 Å². The number of nitrogens with one attached hydrogen (secondary N) is 1. The number of carbonyl (C=O) groups is 2. The lowest BCUT2D eigenvalue weighted by Gasteiger charge is -2.21. The highest BCUT2D eigenvalue weighted by atomic mass is 35.5. The molecule has 7 heteroatoms. The predicted octanol–water partition coefficient (Wildman–Crippen LogP) is 3.72. The minimum atomic E-state index is -0.376. The molecule has 1 atom stereocenters. The smallest absolute Gasteiger partial charge is 0.227 e. The number of methoxy groups -OCH3 is 2. The molecule has 1 N–H and O–H groups in total. The number of amides is 2. The third-order valence-electron chi connectivity index (χ3n) is 5.37. The Hall–Kier alpha value is -2.21. The van der Waals surface area contributed by atoms with Crippen LogP contribution in [0.3, 0.4) is 0 Å². The van der Waals surface area contributed by atoms with Gasteiger partial charge in [0.15, 0.2) is 0 Å². The van der Waals surface area contributed by atoms with Crippen molar-refractivity contribution in [1.29, 1.82) is 0 Å². The van der Waals surface area contributed by atoms with E-state index in [2.05, 4.69) is 11.4 Å². The SMILES string of the molecule is COc1cc(OC)c(N2C[C@H](C(=O)NCCC3=CCCCC3)CC2=O)cc1Cl. The molecule has 1 aliphatic heterocycles. The molecule has 3 rings (SSSR count). The Morgan fingerprint density at radius 3 is 2.71 bits per heavy atom. The average Bonchev–Trinajstić information content (AvgIpc) is 3.10. The second kappa shape index (κ2) is 9.32. The van der Waals surface area contributed by atoms with Crippen molar-refractivity contribution in [1.82, 2.24) is 5.32 Å². The molecular formula is C21H27ClN2O4. The molecule has 1 fully saturated rings. The van der Waals surface area contributed by atoms with E-state index >= 15 is 0 Å². The van der Waals surface area contributed by atoms with Crippen molar-refractivity contribution in [2.45, 2.75) is 38.5 Å². The first-order valence-corrected chi connectivity index (χ1v) is 10.1. The van der Waals surface area contributed by atoms with E-state index in [0.717, 1.165) is 19.3 Å². The van der Waals surface area contributed by atoms with Gasteiger partial charge < -0.3 is 19.7 Å². The number of halogens is 1. The van der Waals surface area contributed by atoms with Crippen LogP contribution in [0.5, 0.6) is 11.5 Å². The summed E-state index contributed by atoms with van der Waals surface area (Å²) in [7, 11) is 3.04. The summed E-state index contributed by atoms with van der Waals surface area (Å²) < 4.78 is 10.6. The number of allylic oxidation sites excluding steroid dienone is 1. The summed E-state index contributed by atoms with van der Waals surface area (Å²) in [5.41, 5.74) is 1.98. The molecule has 0 radical (unpaired) electrons. The maximum absolute atomic E-state index is 12.6. The van der Waals surface area contributed by atoms with Gasteiger partial charge >= 0.3 is 0 Å². The van der Waals surface area contributed by atoms with Crippen molar-refractivity contribution in [2.24, 2.45) is 5.92 Å². The molecule has 0 saturated carbocycles. The van der Waals surface area contributed by atoms with Gasteiger partial charge in [-0.3, -0.25) is 9.59 Å². The number of hydrogen-bond donors (Lipinski definition) is 1. The lowest BCUT2D eigenvalue weighted by Crippen LogP contribution is -2.33. The van der Waals surface area contributed by atoms with E-state index < -0.39 is 0 Å². The van der Waals surface area contributed by atoms with Crippen LogP contribution in [0.4, 0.5) is 5.69 Å². The molecular weight excluding hydrogens is 380 g/mol. The van der Waals surface area contributed by atoms with Gasteiger partial charge in [-0.25, -0.2) is 0 Å². The summed E-state index contributed by atoms with van der Waals surface area (Å²) in [6, 6.07) is 3.29. The summed E-state index contributed by atoms with van der Waals surface area (Å²) in [5, 5.41) is 3.38. The predicted molar refractivity (Wildman–Crippen MR) is 109 cm³/mol. The van der Waals surface area contributed by atoms with Crippen LogP contribution < -0.4 is 19.7 Å². The summed E-state index contributed by atoms with van der Waals surface area (Å²) >= 11 is 6.22. The third-order valence-corrected chi connectivity index (χ3v) is 5.67. The summed E-state index contributed by atoms with van der Waals surface area (Å²) in [6.45, 7) is 0.930. The molecule has 2 aliphatic rings. The fourth-order valence-electron chi connectivity index (χ4n) is 3.79. The Balaban J connectivity index is 1.62. The number of carbonyl (C=O) groups excluding carboxylic acids is 2. The quantitative estimate of drug-likeness (QED) is 0.701. The van der Waals surface area contributed by atoms with Gasteiger partial charge in [0, 0.05) is 25.6 Å². The molecule has 1 aromatic rings. The molecule has 1 aliphatic carbocycles. The highest BCUT2D eigenvalue weighted by Crippen LogP contribution is 2.40. The van der Waals surface area contributed by atoms with Gasteiger partial charge in [0.1, 0.15) is 11.5 Å².